The fourth-order valence-electron chi connectivity index (χ4n) is 3.61. The molecule has 2 fully saturated rings. The third-order valence-electron chi connectivity index (χ3n) is 5.03. The van der Waals surface area contributed by atoms with Crippen LogP contribution >= 0.6 is 0 Å². The van der Waals surface area contributed by atoms with E-state index in [2.05, 4.69) is 23.8 Å². The highest BCUT2D eigenvalue weighted by Crippen LogP contribution is 2.29. The molecule has 0 aromatic carbocycles. The summed E-state index contributed by atoms with van der Waals surface area (Å²) < 4.78 is 2.35. The van der Waals surface area contributed by atoms with Gasteiger partial charge in [-0.1, -0.05) is 25.7 Å². The van der Waals surface area contributed by atoms with Crippen molar-refractivity contribution < 1.29 is 0 Å². The zero-order chi connectivity index (χ0) is 13.9. The molecule has 0 bridgehead atoms. The van der Waals surface area contributed by atoms with Crippen LogP contribution in [0, 0.1) is 13.8 Å². The standard InChI is InChI=1S/C17H29N3/c1-13-17(11-12-18-15-9-10-15)14(2)20(19-13)16-7-5-3-4-6-8-16/h15-16,18H,3-12H2,1-2H3. The molecule has 0 atom stereocenters. The van der Waals surface area contributed by atoms with Crippen LogP contribution in [0.3, 0.4) is 0 Å². The number of hydrogen-bond donors (Lipinski definition) is 1. The molecular weight excluding hydrogens is 246 g/mol. The lowest BCUT2D eigenvalue weighted by molar-refractivity contribution is 0.396. The number of rotatable bonds is 5. The summed E-state index contributed by atoms with van der Waals surface area (Å²) in [6.07, 6.45) is 12.1. The highest BCUT2D eigenvalue weighted by Gasteiger charge is 2.22. The molecular formula is C17H29N3. The first kappa shape index (κ1) is 14.1. The lowest BCUT2D eigenvalue weighted by atomic mass is 10.1. The summed E-state index contributed by atoms with van der Waals surface area (Å²) in [5.74, 6) is 0. The Morgan fingerprint density at radius 1 is 1.05 bits per heavy atom. The van der Waals surface area contributed by atoms with Gasteiger partial charge in [-0.15, -0.1) is 0 Å². The van der Waals surface area contributed by atoms with Gasteiger partial charge in [0.15, 0.2) is 0 Å². The van der Waals surface area contributed by atoms with Crippen molar-refractivity contribution in [1.82, 2.24) is 15.1 Å². The Morgan fingerprint density at radius 3 is 2.40 bits per heavy atom. The van der Waals surface area contributed by atoms with Crippen molar-refractivity contribution in [2.75, 3.05) is 6.54 Å². The average molecular weight is 275 g/mol. The van der Waals surface area contributed by atoms with Gasteiger partial charge >= 0.3 is 0 Å². The summed E-state index contributed by atoms with van der Waals surface area (Å²) in [4.78, 5) is 0. The lowest BCUT2D eigenvalue weighted by Gasteiger charge is -2.17. The normalized spacial score (nSPS) is 21.1. The van der Waals surface area contributed by atoms with Gasteiger partial charge in [0.2, 0.25) is 0 Å². The van der Waals surface area contributed by atoms with Crippen LogP contribution in [-0.2, 0) is 6.42 Å². The van der Waals surface area contributed by atoms with Crippen LogP contribution in [0.1, 0.15) is 74.4 Å². The number of nitrogens with zero attached hydrogens (tertiary/aromatic N) is 2. The van der Waals surface area contributed by atoms with Crippen LogP contribution in [0.4, 0.5) is 0 Å². The Morgan fingerprint density at radius 2 is 1.75 bits per heavy atom. The second-order valence-corrected chi connectivity index (χ2v) is 6.72. The molecule has 1 aromatic heterocycles. The SMILES string of the molecule is Cc1nn(C2CCCCCC2)c(C)c1CCNC1CC1. The number of hydrogen-bond acceptors (Lipinski definition) is 2. The molecule has 0 aliphatic heterocycles. The van der Waals surface area contributed by atoms with E-state index in [0.717, 1.165) is 19.0 Å². The maximum Gasteiger partial charge on any atom is 0.0629 e. The average Bonchev–Trinajstić information content (AvgIpc) is 3.23. The highest BCUT2D eigenvalue weighted by molar-refractivity contribution is 5.25. The van der Waals surface area contributed by atoms with Gasteiger partial charge in [-0.05, 0) is 58.1 Å². The van der Waals surface area contributed by atoms with Gasteiger partial charge in [0.25, 0.3) is 0 Å². The van der Waals surface area contributed by atoms with Crippen LogP contribution < -0.4 is 5.32 Å². The van der Waals surface area contributed by atoms with Crippen LogP contribution in [0.15, 0.2) is 0 Å². The third kappa shape index (κ3) is 3.25. The molecule has 1 aromatic rings. The summed E-state index contributed by atoms with van der Waals surface area (Å²) in [5, 5.41) is 8.50. The maximum absolute atomic E-state index is 4.88. The van der Waals surface area contributed by atoms with E-state index < -0.39 is 0 Å². The quantitative estimate of drug-likeness (QED) is 0.831. The molecule has 20 heavy (non-hydrogen) atoms. The van der Waals surface area contributed by atoms with Crippen molar-refractivity contribution >= 4 is 0 Å². The van der Waals surface area contributed by atoms with E-state index in [0.29, 0.717) is 6.04 Å². The van der Waals surface area contributed by atoms with E-state index >= 15 is 0 Å². The smallest absolute Gasteiger partial charge is 0.0629 e. The van der Waals surface area contributed by atoms with E-state index in [1.807, 2.05) is 0 Å². The maximum atomic E-state index is 4.88. The largest absolute Gasteiger partial charge is 0.314 e. The van der Waals surface area contributed by atoms with Gasteiger partial charge in [-0.25, -0.2) is 0 Å². The molecule has 2 aliphatic rings. The highest BCUT2D eigenvalue weighted by atomic mass is 15.3. The second kappa shape index (κ2) is 6.30. The van der Waals surface area contributed by atoms with E-state index in [4.69, 9.17) is 5.10 Å². The molecule has 3 nitrogen and oxygen atoms in total. The molecule has 0 amide bonds. The molecule has 0 radical (unpaired) electrons. The van der Waals surface area contributed by atoms with Gasteiger partial charge in [-0.2, -0.15) is 5.10 Å². The van der Waals surface area contributed by atoms with Gasteiger partial charge in [0.05, 0.1) is 11.7 Å². The Kier molecular flexibility index (Phi) is 4.45. The van der Waals surface area contributed by atoms with Gasteiger partial charge in [0, 0.05) is 11.7 Å². The van der Waals surface area contributed by atoms with Crippen LogP contribution in [0.5, 0.6) is 0 Å². The monoisotopic (exact) mass is 275 g/mol. The Bertz CT molecular complexity index is 437. The van der Waals surface area contributed by atoms with Crippen molar-refractivity contribution in [3.63, 3.8) is 0 Å². The molecule has 1 heterocycles. The molecule has 0 unspecified atom stereocenters. The molecule has 2 aliphatic carbocycles. The Balaban J connectivity index is 1.67. The Hall–Kier alpha value is -0.830. The third-order valence-corrected chi connectivity index (χ3v) is 5.03. The minimum atomic E-state index is 0.654. The first-order valence-electron chi connectivity index (χ1n) is 8.53. The van der Waals surface area contributed by atoms with E-state index in [1.165, 1.54) is 68.3 Å². The molecule has 1 N–H and O–H groups in total. The van der Waals surface area contributed by atoms with Crippen LogP contribution in [-0.4, -0.2) is 22.4 Å². The predicted molar refractivity (Wildman–Crippen MR) is 83.2 cm³/mol. The zero-order valence-corrected chi connectivity index (χ0v) is 13.1. The van der Waals surface area contributed by atoms with E-state index in [1.54, 1.807) is 0 Å². The fourth-order valence-corrected chi connectivity index (χ4v) is 3.61. The molecule has 112 valence electrons. The van der Waals surface area contributed by atoms with Crippen LogP contribution in [0.25, 0.3) is 0 Å². The number of aryl methyl sites for hydroxylation is 1. The molecule has 0 saturated heterocycles. The van der Waals surface area contributed by atoms with Crippen molar-refractivity contribution in [1.29, 1.82) is 0 Å². The summed E-state index contributed by atoms with van der Waals surface area (Å²) in [6.45, 7) is 5.58. The molecule has 2 saturated carbocycles. The number of nitrogens with one attached hydrogen (secondary N) is 1. The first-order valence-corrected chi connectivity index (χ1v) is 8.53. The summed E-state index contributed by atoms with van der Waals surface area (Å²) in [5.41, 5.74) is 4.17. The van der Waals surface area contributed by atoms with Gasteiger partial charge < -0.3 is 5.32 Å². The minimum Gasteiger partial charge on any atom is -0.314 e. The minimum absolute atomic E-state index is 0.654. The van der Waals surface area contributed by atoms with Crippen molar-refractivity contribution in [2.24, 2.45) is 0 Å². The molecule has 3 rings (SSSR count). The molecule has 0 spiro atoms. The number of aromatic nitrogens is 2. The summed E-state index contributed by atoms with van der Waals surface area (Å²) in [6, 6.07) is 1.47. The second-order valence-electron chi connectivity index (χ2n) is 6.72. The predicted octanol–water partition coefficient (Wildman–Crippen LogP) is 3.69. The summed E-state index contributed by atoms with van der Waals surface area (Å²) >= 11 is 0. The zero-order valence-electron chi connectivity index (χ0n) is 13.1. The van der Waals surface area contributed by atoms with Crippen molar-refractivity contribution in [2.45, 2.75) is 83.7 Å². The van der Waals surface area contributed by atoms with E-state index in [-0.39, 0.29) is 0 Å². The first-order chi connectivity index (χ1) is 9.75. The molecule has 3 heteroatoms. The van der Waals surface area contributed by atoms with E-state index in [9.17, 15) is 0 Å². The fraction of sp³-hybridized carbons (Fsp3) is 0.824. The summed E-state index contributed by atoms with van der Waals surface area (Å²) in [7, 11) is 0. The lowest BCUT2D eigenvalue weighted by Crippen LogP contribution is -2.19. The van der Waals surface area contributed by atoms with Crippen molar-refractivity contribution in [3.8, 4) is 0 Å². The topological polar surface area (TPSA) is 29.9 Å². The van der Waals surface area contributed by atoms with Gasteiger partial charge in [0.1, 0.15) is 0 Å². The van der Waals surface area contributed by atoms with Crippen molar-refractivity contribution in [3.05, 3.63) is 17.0 Å². The Labute approximate surface area is 123 Å². The van der Waals surface area contributed by atoms with Crippen LogP contribution in [0.2, 0.25) is 0 Å². The van der Waals surface area contributed by atoms with Gasteiger partial charge in [-0.3, -0.25) is 4.68 Å².